The smallest absolute Gasteiger partial charge is 0.320 e. The Kier molecular flexibility index (Phi) is 3.88. The van der Waals surface area contributed by atoms with Crippen LogP contribution in [0.15, 0.2) is 18.2 Å². The zero-order valence-corrected chi connectivity index (χ0v) is 10.6. The molecule has 0 radical (unpaired) electrons. The van der Waals surface area contributed by atoms with E-state index in [9.17, 15) is 13.6 Å². The zero-order valence-electron chi connectivity index (χ0n) is 7.65. The van der Waals surface area contributed by atoms with E-state index in [2.05, 4.69) is 5.32 Å². The topological polar surface area (TPSA) is 29.1 Å². The minimum Gasteiger partial charge on any atom is -0.320 e. The highest BCUT2D eigenvalue weighted by atomic mass is 127. The first-order chi connectivity index (χ1) is 6.80. The molecular weight excluding hydrogens is 338 g/mol. The highest BCUT2D eigenvalue weighted by molar-refractivity contribution is 14.1. The lowest BCUT2D eigenvalue weighted by Gasteiger charge is -2.12. The molecule has 0 saturated carbocycles. The van der Waals surface area contributed by atoms with Crippen LogP contribution >= 0.6 is 34.2 Å². The van der Waals surface area contributed by atoms with E-state index in [-0.39, 0.29) is 5.69 Å². The van der Waals surface area contributed by atoms with Gasteiger partial charge < -0.3 is 5.32 Å². The molecule has 1 aromatic rings. The van der Waals surface area contributed by atoms with Crippen LogP contribution in [0.3, 0.4) is 0 Å². The highest BCUT2D eigenvalue weighted by Gasteiger charge is 2.32. The van der Waals surface area contributed by atoms with Crippen molar-refractivity contribution >= 4 is 45.8 Å². The Bertz CT molecular complexity index is 392. The predicted octanol–water partition coefficient (Wildman–Crippen LogP) is 3.54. The number of benzene rings is 1. The summed E-state index contributed by atoms with van der Waals surface area (Å²) in [5.74, 6) is -4.74. The Morgan fingerprint density at radius 2 is 2.13 bits per heavy atom. The third kappa shape index (κ3) is 3.57. The third-order valence-corrected chi connectivity index (χ3v) is 2.75. The number of hydrogen-bond acceptors (Lipinski definition) is 1. The molecule has 6 heteroatoms. The van der Waals surface area contributed by atoms with Crippen LogP contribution in [0.4, 0.5) is 14.5 Å². The van der Waals surface area contributed by atoms with Crippen LogP contribution in [0, 0.1) is 3.57 Å². The average molecular weight is 346 g/mol. The van der Waals surface area contributed by atoms with Gasteiger partial charge in [-0.1, -0.05) is 11.6 Å². The van der Waals surface area contributed by atoms with E-state index in [1.165, 1.54) is 6.07 Å². The second-order valence-electron chi connectivity index (χ2n) is 2.97. The first kappa shape index (κ1) is 12.6. The summed E-state index contributed by atoms with van der Waals surface area (Å²) in [5.41, 5.74) is 0.287. The molecule has 0 aliphatic carbocycles. The van der Waals surface area contributed by atoms with E-state index < -0.39 is 11.8 Å². The normalized spacial score (nSPS) is 11.3. The van der Waals surface area contributed by atoms with Gasteiger partial charge in [-0.3, -0.25) is 4.79 Å². The van der Waals surface area contributed by atoms with Crippen molar-refractivity contribution < 1.29 is 13.6 Å². The Morgan fingerprint density at radius 3 is 2.67 bits per heavy atom. The summed E-state index contributed by atoms with van der Waals surface area (Å²) in [6.45, 7) is 0.541. The Balaban J connectivity index is 2.90. The highest BCUT2D eigenvalue weighted by Crippen LogP contribution is 2.24. The maximum absolute atomic E-state index is 12.6. The van der Waals surface area contributed by atoms with Crippen molar-refractivity contribution in [2.45, 2.75) is 12.8 Å². The summed E-state index contributed by atoms with van der Waals surface area (Å²) in [4.78, 5) is 11.0. The molecule has 2 nitrogen and oxygen atoms in total. The van der Waals surface area contributed by atoms with Gasteiger partial charge in [0.15, 0.2) is 0 Å². The summed E-state index contributed by atoms with van der Waals surface area (Å²) in [5, 5.41) is 2.49. The molecule has 0 fully saturated rings. The van der Waals surface area contributed by atoms with E-state index in [1.54, 1.807) is 12.1 Å². The van der Waals surface area contributed by atoms with Crippen molar-refractivity contribution in [3.8, 4) is 0 Å². The van der Waals surface area contributed by atoms with Crippen molar-refractivity contribution in [1.82, 2.24) is 0 Å². The van der Waals surface area contributed by atoms with Crippen LogP contribution in [0.1, 0.15) is 6.92 Å². The van der Waals surface area contributed by atoms with Gasteiger partial charge in [0.2, 0.25) is 0 Å². The number of rotatable bonds is 2. The lowest BCUT2D eigenvalue weighted by Crippen LogP contribution is -2.31. The second-order valence-corrected chi connectivity index (χ2v) is 4.57. The van der Waals surface area contributed by atoms with Gasteiger partial charge >= 0.3 is 5.92 Å². The molecule has 0 unspecified atom stereocenters. The molecule has 82 valence electrons. The number of carbonyl (C=O) groups excluding carboxylic acids is 1. The van der Waals surface area contributed by atoms with Gasteiger partial charge in [-0.25, -0.2) is 0 Å². The molecule has 1 N–H and O–H groups in total. The van der Waals surface area contributed by atoms with Crippen molar-refractivity contribution in [2.24, 2.45) is 0 Å². The van der Waals surface area contributed by atoms with Crippen molar-refractivity contribution in [3.63, 3.8) is 0 Å². The molecule has 0 heterocycles. The summed E-state index contributed by atoms with van der Waals surface area (Å²) in [6.07, 6.45) is 0. The summed E-state index contributed by atoms with van der Waals surface area (Å²) < 4.78 is 25.8. The summed E-state index contributed by atoms with van der Waals surface area (Å²) in [7, 11) is 0. The molecule has 1 aromatic carbocycles. The quantitative estimate of drug-likeness (QED) is 0.816. The maximum Gasteiger partial charge on any atom is 0.322 e. The molecule has 1 amide bonds. The second kappa shape index (κ2) is 4.61. The van der Waals surface area contributed by atoms with Gasteiger partial charge in [0, 0.05) is 15.5 Å². The summed E-state index contributed by atoms with van der Waals surface area (Å²) in [6, 6.07) is 4.67. The van der Waals surface area contributed by atoms with E-state index >= 15 is 0 Å². The van der Waals surface area contributed by atoms with Crippen LogP contribution in [0.5, 0.6) is 0 Å². The van der Waals surface area contributed by atoms with Crippen molar-refractivity contribution in [3.05, 3.63) is 26.8 Å². The number of halogens is 4. The van der Waals surface area contributed by atoms with Gasteiger partial charge in [-0.15, -0.1) is 0 Å². The number of carbonyl (C=O) groups is 1. The molecule has 0 atom stereocenters. The fraction of sp³-hybridized carbons (Fsp3) is 0.222. The number of alkyl halides is 2. The maximum atomic E-state index is 12.6. The molecule has 0 aliphatic heterocycles. The van der Waals surface area contributed by atoms with E-state index in [4.69, 9.17) is 11.6 Å². The van der Waals surface area contributed by atoms with Gasteiger partial charge in [-0.05, 0) is 40.8 Å². The Labute approximate surface area is 104 Å². The predicted molar refractivity (Wildman–Crippen MR) is 63.4 cm³/mol. The first-order valence-electron chi connectivity index (χ1n) is 3.95. The zero-order chi connectivity index (χ0) is 11.6. The van der Waals surface area contributed by atoms with Gasteiger partial charge in [-0.2, -0.15) is 8.78 Å². The molecule has 0 spiro atoms. The molecule has 0 aliphatic rings. The standard InChI is InChI=1S/C9H7ClF2INO/c1-9(11,12)8(15)14-7-4-5(10)2-3-6(7)13/h2-4H,1H3,(H,14,15). The molecule has 15 heavy (non-hydrogen) atoms. The molecule has 0 aromatic heterocycles. The van der Waals surface area contributed by atoms with Gasteiger partial charge in [0.1, 0.15) is 0 Å². The minimum absolute atomic E-state index is 0.287. The fourth-order valence-corrected chi connectivity index (χ4v) is 1.47. The minimum atomic E-state index is -3.40. The lowest BCUT2D eigenvalue weighted by molar-refractivity contribution is -0.137. The molecule has 0 bridgehead atoms. The first-order valence-corrected chi connectivity index (χ1v) is 5.40. The lowest BCUT2D eigenvalue weighted by atomic mass is 10.3. The van der Waals surface area contributed by atoms with E-state index in [1.807, 2.05) is 22.6 Å². The van der Waals surface area contributed by atoms with Crippen molar-refractivity contribution in [1.29, 1.82) is 0 Å². The fourth-order valence-electron chi connectivity index (χ4n) is 0.825. The van der Waals surface area contributed by atoms with Crippen LogP contribution in [0.2, 0.25) is 5.02 Å². The Morgan fingerprint density at radius 1 is 1.53 bits per heavy atom. The number of amides is 1. The van der Waals surface area contributed by atoms with Crippen LogP contribution < -0.4 is 5.32 Å². The largest absolute Gasteiger partial charge is 0.322 e. The number of nitrogens with one attached hydrogen (secondary N) is 1. The van der Waals surface area contributed by atoms with Crippen LogP contribution in [-0.2, 0) is 4.79 Å². The molecule has 0 saturated heterocycles. The average Bonchev–Trinajstić information content (AvgIpc) is 2.09. The van der Waals surface area contributed by atoms with Crippen LogP contribution in [0.25, 0.3) is 0 Å². The third-order valence-electron chi connectivity index (χ3n) is 1.58. The van der Waals surface area contributed by atoms with E-state index in [0.717, 1.165) is 0 Å². The molecular formula is C9H7ClF2INO. The van der Waals surface area contributed by atoms with Crippen molar-refractivity contribution in [2.75, 3.05) is 5.32 Å². The number of hydrogen-bond donors (Lipinski definition) is 1. The monoisotopic (exact) mass is 345 g/mol. The molecule has 1 rings (SSSR count). The summed E-state index contributed by atoms with van der Waals surface area (Å²) >= 11 is 7.59. The SMILES string of the molecule is CC(F)(F)C(=O)Nc1cc(Cl)ccc1I. The van der Waals surface area contributed by atoms with Gasteiger partial charge in [0.05, 0.1) is 5.69 Å². The Hall–Kier alpha value is -0.430. The van der Waals surface area contributed by atoms with E-state index in [0.29, 0.717) is 15.5 Å². The number of anilines is 1. The van der Waals surface area contributed by atoms with Crippen LogP contribution in [-0.4, -0.2) is 11.8 Å². The van der Waals surface area contributed by atoms with Gasteiger partial charge in [0.25, 0.3) is 5.91 Å².